The SMILES string of the molecule is Cc1nc(C(=O)NCc2cc(-c3ccccc3)ncn2)cs1. The molecule has 0 spiro atoms. The summed E-state index contributed by atoms with van der Waals surface area (Å²) in [6, 6.07) is 11.7. The molecule has 0 aliphatic heterocycles. The van der Waals surface area contributed by atoms with E-state index in [1.807, 2.05) is 43.3 Å². The number of nitrogens with zero attached hydrogens (tertiary/aromatic N) is 3. The summed E-state index contributed by atoms with van der Waals surface area (Å²) >= 11 is 1.46. The Balaban J connectivity index is 1.70. The molecule has 5 nitrogen and oxygen atoms in total. The summed E-state index contributed by atoms with van der Waals surface area (Å²) in [6.45, 7) is 2.22. The maximum absolute atomic E-state index is 12.0. The molecule has 0 saturated carbocycles. The van der Waals surface area contributed by atoms with Crippen LogP contribution in [0.25, 0.3) is 11.3 Å². The zero-order valence-corrected chi connectivity index (χ0v) is 12.8. The number of rotatable bonds is 4. The highest BCUT2D eigenvalue weighted by atomic mass is 32.1. The summed E-state index contributed by atoms with van der Waals surface area (Å²) in [5.74, 6) is -0.191. The second kappa shape index (κ2) is 6.44. The van der Waals surface area contributed by atoms with Gasteiger partial charge in [0.1, 0.15) is 12.0 Å². The highest BCUT2D eigenvalue weighted by Crippen LogP contribution is 2.16. The molecule has 0 fully saturated rings. The van der Waals surface area contributed by atoms with Crippen molar-refractivity contribution in [2.75, 3.05) is 0 Å². The number of nitrogens with one attached hydrogen (secondary N) is 1. The number of benzene rings is 1. The molecule has 22 heavy (non-hydrogen) atoms. The van der Waals surface area contributed by atoms with Crippen LogP contribution in [-0.2, 0) is 6.54 Å². The molecule has 0 saturated heterocycles. The predicted molar refractivity (Wildman–Crippen MR) is 85.5 cm³/mol. The fourth-order valence-corrected chi connectivity index (χ4v) is 2.58. The topological polar surface area (TPSA) is 67.8 Å². The first-order valence-electron chi connectivity index (χ1n) is 6.79. The van der Waals surface area contributed by atoms with Crippen LogP contribution in [0.1, 0.15) is 21.2 Å². The van der Waals surface area contributed by atoms with Gasteiger partial charge < -0.3 is 5.32 Å². The van der Waals surface area contributed by atoms with Crippen molar-refractivity contribution in [3.8, 4) is 11.3 Å². The number of amides is 1. The standard InChI is InChI=1S/C16H14N4OS/c1-11-20-15(9-22-11)16(21)17-8-13-7-14(19-10-18-13)12-5-3-2-4-6-12/h2-7,9-10H,8H2,1H3,(H,17,21). The second-order valence-electron chi connectivity index (χ2n) is 4.70. The van der Waals surface area contributed by atoms with Crippen molar-refractivity contribution in [3.63, 3.8) is 0 Å². The molecule has 0 atom stereocenters. The van der Waals surface area contributed by atoms with Gasteiger partial charge in [-0.05, 0) is 13.0 Å². The Hall–Kier alpha value is -2.60. The minimum Gasteiger partial charge on any atom is -0.345 e. The highest BCUT2D eigenvalue weighted by Gasteiger charge is 2.09. The van der Waals surface area contributed by atoms with Gasteiger partial charge in [-0.1, -0.05) is 30.3 Å². The van der Waals surface area contributed by atoms with Gasteiger partial charge in [0, 0.05) is 10.9 Å². The number of aryl methyl sites for hydroxylation is 1. The minimum absolute atomic E-state index is 0.191. The zero-order chi connectivity index (χ0) is 15.4. The van der Waals surface area contributed by atoms with E-state index in [0.717, 1.165) is 22.0 Å². The smallest absolute Gasteiger partial charge is 0.271 e. The van der Waals surface area contributed by atoms with Crippen molar-refractivity contribution in [1.82, 2.24) is 20.3 Å². The number of thiazole rings is 1. The van der Waals surface area contributed by atoms with Crippen LogP contribution in [0, 0.1) is 6.92 Å². The van der Waals surface area contributed by atoms with E-state index in [2.05, 4.69) is 20.3 Å². The lowest BCUT2D eigenvalue weighted by molar-refractivity contribution is 0.0946. The van der Waals surface area contributed by atoms with E-state index in [4.69, 9.17) is 0 Å². The first kappa shape index (κ1) is 14.3. The Morgan fingerprint density at radius 3 is 2.77 bits per heavy atom. The fourth-order valence-electron chi connectivity index (χ4n) is 1.99. The van der Waals surface area contributed by atoms with Gasteiger partial charge in [-0.2, -0.15) is 0 Å². The lowest BCUT2D eigenvalue weighted by Crippen LogP contribution is -2.23. The van der Waals surface area contributed by atoms with Crippen LogP contribution < -0.4 is 5.32 Å². The van der Waals surface area contributed by atoms with E-state index in [0.29, 0.717) is 12.2 Å². The quantitative estimate of drug-likeness (QED) is 0.804. The van der Waals surface area contributed by atoms with Crippen molar-refractivity contribution in [1.29, 1.82) is 0 Å². The number of aromatic nitrogens is 3. The molecular formula is C16H14N4OS. The number of carbonyl (C=O) groups excluding carboxylic acids is 1. The normalized spacial score (nSPS) is 10.4. The van der Waals surface area contributed by atoms with E-state index in [1.54, 1.807) is 5.38 Å². The number of hydrogen-bond donors (Lipinski definition) is 1. The Bertz CT molecular complexity index is 786. The maximum atomic E-state index is 12.0. The van der Waals surface area contributed by atoms with E-state index in [1.165, 1.54) is 17.7 Å². The largest absolute Gasteiger partial charge is 0.345 e. The monoisotopic (exact) mass is 310 g/mol. The number of carbonyl (C=O) groups is 1. The Kier molecular flexibility index (Phi) is 4.20. The molecule has 2 heterocycles. The maximum Gasteiger partial charge on any atom is 0.271 e. The van der Waals surface area contributed by atoms with E-state index in [9.17, 15) is 4.79 Å². The molecule has 0 bridgehead atoms. The second-order valence-corrected chi connectivity index (χ2v) is 5.76. The summed E-state index contributed by atoms with van der Waals surface area (Å²) in [6.07, 6.45) is 1.51. The Morgan fingerprint density at radius 2 is 2.05 bits per heavy atom. The Morgan fingerprint density at radius 1 is 1.23 bits per heavy atom. The minimum atomic E-state index is -0.191. The molecule has 1 amide bonds. The van der Waals surface area contributed by atoms with Crippen molar-refractivity contribution in [3.05, 3.63) is 64.5 Å². The van der Waals surface area contributed by atoms with Gasteiger partial charge in [0.15, 0.2) is 0 Å². The molecule has 1 N–H and O–H groups in total. The van der Waals surface area contributed by atoms with Gasteiger partial charge in [0.05, 0.1) is 22.9 Å². The summed E-state index contributed by atoms with van der Waals surface area (Å²) in [7, 11) is 0. The van der Waals surface area contributed by atoms with Gasteiger partial charge in [0.2, 0.25) is 0 Å². The van der Waals surface area contributed by atoms with Crippen LogP contribution in [0.4, 0.5) is 0 Å². The average molecular weight is 310 g/mol. The van der Waals surface area contributed by atoms with Gasteiger partial charge >= 0.3 is 0 Å². The highest BCUT2D eigenvalue weighted by molar-refractivity contribution is 7.09. The average Bonchev–Trinajstić information content (AvgIpc) is 3.00. The van der Waals surface area contributed by atoms with E-state index < -0.39 is 0 Å². The summed E-state index contributed by atoms with van der Waals surface area (Å²) in [5, 5.41) is 5.45. The fraction of sp³-hybridized carbons (Fsp3) is 0.125. The van der Waals surface area contributed by atoms with Crippen LogP contribution in [0.5, 0.6) is 0 Å². The van der Waals surface area contributed by atoms with Gasteiger partial charge in [-0.3, -0.25) is 4.79 Å². The van der Waals surface area contributed by atoms with E-state index >= 15 is 0 Å². The van der Waals surface area contributed by atoms with Gasteiger partial charge in [0.25, 0.3) is 5.91 Å². The molecule has 3 rings (SSSR count). The van der Waals surface area contributed by atoms with Crippen LogP contribution in [-0.4, -0.2) is 20.9 Å². The molecule has 0 unspecified atom stereocenters. The first-order chi connectivity index (χ1) is 10.7. The molecule has 110 valence electrons. The Labute approximate surface area is 132 Å². The van der Waals surface area contributed by atoms with Crippen LogP contribution in [0.15, 0.2) is 48.1 Å². The van der Waals surface area contributed by atoms with E-state index in [-0.39, 0.29) is 5.91 Å². The van der Waals surface area contributed by atoms with Crippen molar-refractivity contribution in [2.24, 2.45) is 0 Å². The summed E-state index contributed by atoms with van der Waals surface area (Å²) < 4.78 is 0. The lowest BCUT2D eigenvalue weighted by Gasteiger charge is -2.05. The van der Waals surface area contributed by atoms with Gasteiger partial charge in [-0.15, -0.1) is 11.3 Å². The number of hydrogen-bond acceptors (Lipinski definition) is 5. The van der Waals surface area contributed by atoms with Crippen molar-refractivity contribution >= 4 is 17.2 Å². The third-order valence-electron chi connectivity index (χ3n) is 3.07. The van der Waals surface area contributed by atoms with Crippen LogP contribution in [0.3, 0.4) is 0 Å². The predicted octanol–water partition coefficient (Wildman–Crippen LogP) is 2.84. The van der Waals surface area contributed by atoms with Crippen molar-refractivity contribution in [2.45, 2.75) is 13.5 Å². The molecule has 1 aromatic carbocycles. The van der Waals surface area contributed by atoms with Gasteiger partial charge in [-0.25, -0.2) is 15.0 Å². The van der Waals surface area contributed by atoms with Crippen LogP contribution >= 0.6 is 11.3 Å². The molecule has 2 aromatic heterocycles. The first-order valence-corrected chi connectivity index (χ1v) is 7.67. The lowest BCUT2D eigenvalue weighted by atomic mass is 10.1. The third-order valence-corrected chi connectivity index (χ3v) is 3.85. The summed E-state index contributed by atoms with van der Waals surface area (Å²) in [4.78, 5) is 24.6. The summed E-state index contributed by atoms with van der Waals surface area (Å²) in [5.41, 5.74) is 3.06. The molecule has 0 radical (unpaired) electrons. The molecule has 0 aliphatic carbocycles. The molecular weight excluding hydrogens is 296 g/mol. The van der Waals surface area contributed by atoms with Crippen molar-refractivity contribution < 1.29 is 4.79 Å². The third kappa shape index (κ3) is 3.35. The molecule has 0 aliphatic rings. The zero-order valence-electron chi connectivity index (χ0n) is 12.0. The van der Waals surface area contributed by atoms with Crippen LogP contribution in [0.2, 0.25) is 0 Å². The molecule has 3 aromatic rings. The molecule has 6 heteroatoms.